The van der Waals surface area contributed by atoms with Crippen LogP contribution in [0.15, 0.2) is 12.5 Å². The van der Waals surface area contributed by atoms with Crippen LogP contribution in [0.5, 0.6) is 0 Å². The lowest BCUT2D eigenvalue weighted by atomic mass is 10.0. The quantitative estimate of drug-likeness (QED) is 0.744. The van der Waals surface area contributed by atoms with E-state index in [1.807, 2.05) is 0 Å². The van der Waals surface area contributed by atoms with Crippen molar-refractivity contribution in [3.8, 4) is 0 Å². The average molecular weight is 316 g/mol. The Kier molecular flexibility index (Phi) is 3.60. The Morgan fingerprint density at radius 3 is 3.09 bits per heavy atom. The van der Waals surface area contributed by atoms with Gasteiger partial charge >= 0.3 is 0 Å². The standard InChI is InChI=1S/C15H20N6O2/c22-12(9-3-4-9)15(23)19-10-2-1-5-21(7-10)14-11-6-18-20-13(11)16-8-17-14/h6,8-10,12,22H,1-5,7H2,(H,19,23)(H,16,17,18,20)/t10-,12-/m1/s1. The molecule has 2 aromatic rings. The van der Waals surface area contributed by atoms with Crippen molar-refractivity contribution in [2.24, 2.45) is 5.92 Å². The molecule has 23 heavy (non-hydrogen) atoms. The maximum Gasteiger partial charge on any atom is 0.249 e. The van der Waals surface area contributed by atoms with Gasteiger partial charge < -0.3 is 15.3 Å². The van der Waals surface area contributed by atoms with Crippen molar-refractivity contribution in [1.82, 2.24) is 25.5 Å². The summed E-state index contributed by atoms with van der Waals surface area (Å²) in [4.78, 5) is 22.8. The molecule has 0 unspecified atom stereocenters. The summed E-state index contributed by atoms with van der Waals surface area (Å²) in [6.07, 6.45) is 6.17. The second-order valence-electron chi connectivity index (χ2n) is 6.41. The van der Waals surface area contributed by atoms with Gasteiger partial charge in [0.05, 0.1) is 11.6 Å². The van der Waals surface area contributed by atoms with E-state index in [0.29, 0.717) is 12.2 Å². The van der Waals surface area contributed by atoms with E-state index in [1.165, 1.54) is 6.33 Å². The van der Waals surface area contributed by atoms with Crippen LogP contribution in [-0.4, -0.2) is 56.4 Å². The van der Waals surface area contributed by atoms with Gasteiger partial charge in [-0.15, -0.1) is 0 Å². The lowest BCUT2D eigenvalue weighted by molar-refractivity contribution is -0.131. The molecule has 3 N–H and O–H groups in total. The Morgan fingerprint density at radius 2 is 2.26 bits per heavy atom. The number of aliphatic hydroxyl groups excluding tert-OH is 1. The molecule has 8 heteroatoms. The Morgan fingerprint density at radius 1 is 1.39 bits per heavy atom. The van der Waals surface area contributed by atoms with Gasteiger partial charge in [-0.2, -0.15) is 5.10 Å². The van der Waals surface area contributed by atoms with Crippen molar-refractivity contribution in [2.45, 2.75) is 37.8 Å². The molecular formula is C15H20N6O2. The van der Waals surface area contributed by atoms with Crippen LogP contribution >= 0.6 is 0 Å². The van der Waals surface area contributed by atoms with Crippen LogP contribution in [0.3, 0.4) is 0 Å². The summed E-state index contributed by atoms with van der Waals surface area (Å²) in [5, 5.41) is 20.7. The number of H-pyrrole nitrogens is 1. The molecule has 0 spiro atoms. The SMILES string of the molecule is O=C(N[C@@H]1CCCN(c2ncnc3[nH]ncc23)C1)[C@H](O)C1CC1. The lowest BCUT2D eigenvalue weighted by Gasteiger charge is -2.34. The van der Waals surface area contributed by atoms with Gasteiger partial charge in [-0.3, -0.25) is 9.89 Å². The molecule has 2 aromatic heterocycles. The number of piperidine rings is 1. The smallest absolute Gasteiger partial charge is 0.249 e. The highest BCUT2D eigenvalue weighted by Crippen LogP contribution is 2.32. The van der Waals surface area contributed by atoms with Gasteiger partial charge in [0, 0.05) is 19.1 Å². The van der Waals surface area contributed by atoms with Crippen molar-refractivity contribution in [1.29, 1.82) is 0 Å². The van der Waals surface area contributed by atoms with E-state index < -0.39 is 6.10 Å². The highest BCUT2D eigenvalue weighted by molar-refractivity contribution is 5.86. The third kappa shape index (κ3) is 2.86. The highest BCUT2D eigenvalue weighted by atomic mass is 16.3. The van der Waals surface area contributed by atoms with Crippen LogP contribution in [0.2, 0.25) is 0 Å². The zero-order valence-electron chi connectivity index (χ0n) is 12.8. The minimum atomic E-state index is -0.856. The number of nitrogens with zero attached hydrogens (tertiary/aromatic N) is 4. The number of aliphatic hydroxyl groups is 1. The van der Waals surface area contributed by atoms with Gasteiger partial charge in [-0.05, 0) is 31.6 Å². The Bertz CT molecular complexity index is 713. The Labute approximate surface area is 133 Å². The summed E-state index contributed by atoms with van der Waals surface area (Å²) in [6, 6.07) is 0.0292. The number of hydrogen-bond acceptors (Lipinski definition) is 6. The normalized spacial score (nSPS) is 23.0. The zero-order valence-corrected chi connectivity index (χ0v) is 12.8. The predicted octanol–water partition coefficient (Wildman–Crippen LogP) is 0.209. The van der Waals surface area contributed by atoms with Gasteiger partial charge in [0.2, 0.25) is 5.91 Å². The predicted molar refractivity (Wildman–Crippen MR) is 83.8 cm³/mol. The van der Waals surface area contributed by atoms with E-state index in [-0.39, 0.29) is 17.9 Å². The monoisotopic (exact) mass is 316 g/mol. The molecule has 0 bridgehead atoms. The number of nitrogens with one attached hydrogen (secondary N) is 2. The van der Waals surface area contributed by atoms with Crippen molar-refractivity contribution >= 4 is 22.8 Å². The van der Waals surface area contributed by atoms with Crippen molar-refractivity contribution in [2.75, 3.05) is 18.0 Å². The third-order valence-corrected chi connectivity index (χ3v) is 4.63. The fourth-order valence-electron chi connectivity index (χ4n) is 3.20. The number of aromatic amines is 1. The van der Waals surface area contributed by atoms with Crippen LogP contribution < -0.4 is 10.2 Å². The summed E-state index contributed by atoms with van der Waals surface area (Å²) in [5.41, 5.74) is 0.713. The van der Waals surface area contributed by atoms with Crippen molar-refractivity contribution < 1.29 is 9.90 Å². The first kappa shape index (κ1) is 14.4. The number of carbonyl (C=O) groups is 1. The van der Waals surface area contributed by atoms with Gasteiger partial charge in [-0.25, -0.2) is 9.97 Å². The molecule has 2 atom stereocenters. The fourth-order valence-corrected chi connectivity index (χ4v) is 3.20. The molecule has 0 radical (unpaired) electrons. The van der Waals surface area contributed by atoms with E-state index in [1.54, 1.807) is 6.20 Å². The number of amides is 1. The highest BCUT2D eigenvalue weighted by Gasteiger charge is 2.35. The molecule has 3 heterocycles. The van der Waals surface area contributed by atoms with E-state index in [0.717, 1.165) is 43.4 Å². The zero-order chi connectivity index (χ0) is 15.8. The maximum absolute atomic E-state index is 12.1. The number of anilines is 1. The van der Waals surface area contributed by atoms with Gasteiger partial charge in [0.1, 0.15) is 18.2 Å². The van der Waals surface area contributed by atoms with Crippen LogP contribution in [0, 0.1) is 5.92 Å². The van der Waals surface area contributed by atoms with Crippen molar-refractivity contribution in [3.05, 3.63) is 12.5 Å². The number of rotatable bonds is 4. The molecule has 1 amide bonds. The lowest BCUT2D eigenvalue weighted by Crippen LogP contribution is -2.50. The molecule has 1 aliphatic heterocycles. The van der Waals surface area contributed by atoms with Crippen LogP contribution in [-0.2, 0) is 4.79 Å². The largest absolute Gasteiger partial charge is 0.383 e. The Hall–Kier alpha value is -2.22. The van der Waals surface area contributed by atoms with E-state index >= 15 is 0 Å². The fraction of sp³-hybridized carbons (Fsp3) is 0.600. The summed E-state index contributed by atoms with van der Waals surface area (Å²) in [5.74, 6) is 0.753. The number of aromatic nitrogens is 4. The molecule has 1 saturated carbocycles. The first-order valence-corrected chi connectivity index (χ1v) is 8.10. The molecule has 122 valence electrons. The van der Waals surface area contributed by atoms with Gasteiger partial charge in [0.15, 0.2) is 5.65 Å². The van der Waals surface area contributed by atoms with Crippen LogP contribution in [0.25, 0.3) is 11.0 Å². The topological polar surface area (TPSA) is 107 Å². The van der Waals surface area contributed by atoms with Crippen molar-refractivity contribution in [3.63, 3.8) is 0 Å². The first-order chi connectivity index (χ1) is 11.2. The number of fused-ring (bicyclic) bond motifs is 1. The summed E-state index contributed by atoms with van der Waals surface area (Å²) < 4.78 is 0. The molecule has 4 rings (SSSR count). The van der Waals surface area contributed by atoms with E-state index in [2.05, 4.69) is 30.4 Å². The molecule has 0 aromatic carbocycles. The first-order valence-electron chi connectivity index (χ1n) is 8.10. The maximum atomic E-state index is 12.1. The van der Waals surface area contributed by atoms with E-state index in [9.17, 15) is 9.90 Å². The van der Waals surface area contributed by atoms with Gasteiger partial charge in [-0.1, -0.05) is 0 Å². The molecule has 1 aliphatic carbocycles. The molecule has 8 nitrogen and oxygen atoms in total. The third-order valence-electron chi connectivity index (χ3n) is 4.63. The second-order valence-corrected chi connectivity index (χ2v) is 6.41. The van der Waals surface area contributed by atoms with Crippen LogP contribution in [0.1, 0.15) is 25.7 Å². The Balaban J connectivity index is 1.46. The number of hydrogen-bond donors (Lipinski definition) is 3. The van der Waals surface area contributed by atoms with Gasteiger partial charge in [0.25, 0.3) is 0 Å². The second kappa shape index (κ2) is 5.77. The van der Waals surface area contributed by atoms with E-state index in [4.69, 9.17) is 0 Å². The number of carbonyl (C=O) groups excluding carboxylic acids is 1. The minimum absolute atomic E-state index is 0.0292. The molecule has 1 saturated heterocycles. The average Bonchev–Trinajstić information content (AvgIpc) is 3.30. The summed E-state index contributed by atoms with van der Waals surface area (Å²) in [6.45, 7) is 1.56. The molecular weight excluding hydrogens is 296 g/mol. The van der Waals surface area contributed by atoms with Crippen LogP contribution in [0.4, 0.5) is 5.82 Å². The summed E-state index contributed by atoms with van der Waals surface area (Å²) in [7, 11) is 0. The molecule has 2 fully saturated rings. The molecule has 2 aliphatic rings. The summed E-state index contributed by atoms with van der Waals surface area (Å²) >= 11 is 0. The minimum Gasteiger partial charge on any atom is -0.383 e.